The van der Waals surface area contributed by atoms with Gasteiger partial charge in [-0.1, -0.05) is 6.92 Å². The fourth-order valence-electron chi connectivity index (χ4n) is 1.92. The number of aromatic nitrogens is 2. The van der Waals surface area contributed by atoms with Gasteiger partial charge in [-0.15, -0.1) is 46.7 Å². The molecule has 0 amide bonds. The highest BCUT2D eigenvalue weighted by Gasteiger charge is 2.02. The number of rotatable bonds is 7. The largest absolute Gasteiger partial charge is 0.357 e. The minimum absolute atomic E-state index is 0. The van der Waals surface area contributed by atoms with Crippen LogP contribution in [-0.2, 0) is 19.4 Å². The molecule has 0 saturated heterocycles. The van der Waals surface area contributed by atoms with E-state index < -0.39 is 0 Å². The number of aryl methyl sites for hydroxylation is 2. The summed E-state index contributed by atoms with van der Waals surface area (Å²) in [5.41, 5.74) is 2.17. The molecule has 23 heavy (non-hydrogen) atoms. The van der Waals surface area contributed by atoms with Crippen molar-refractivity contribution in [2.24, 2.45) is 4.99 Å². The Balaban J connectivity index is 0.00000264. The third-order valence-corrected chi connectivity index (χ3v) is 4.85. The molecule has 0 aromatic carbocycles. The van der Waals surface area contributed by atoms with E-state index in [1.807, 2.05) is 6.92 Å². The lowest BCUT2D eigenvalue weighted by atomic mass is 10.3. The van der Waals surface area contributed by atoms with Gasteiger partial charge in [-0.25, -0.2) is 15.0 Å². The Kier molecular flexibility index (Phi) is 9.65. The first-order valence-corrected chi connectivity index (χ1v) is 9.33. The summed E-state index contributed by atoms with van der Waals surface area (Å²) in [5, 5.41) is 13.1. The Morgan fingerprint density at radius 1 is 1.13 bits per heavy atom. The number of thiazole rings is 2. The fraction of sp³-hybridized carbons (Fsp3) is 0.533. The second-order valence-electron chi connectivity index (χ2n) is 4.82. The summed E-state index contributed by atoms with van der Waals surface area (Å²) in [6, 6.07) is 0. The minimum atomic E-state index is 0. The number of guanidine groups is 1. The van der Waals surface area contributed by atoms with Gasteiger partial charge in [0.25, 0.3) is 0 Å². The summed E-state index contributed by atoms with van der Waals surface area (Å²) in [4.78, 5) is 13.6. The molecular formula is C15H24IN5S2. The van der Waals surface area contributed by atoms with Gasteiger partial charge in [0.2, 0.25) is 0 Å². The molecule has 0 aliphatic heterocycles. The quantitative estimate of drug-likeness (QED) is 0.374. The predicted octanol–water partition coefficient (Wildman–Crippen LogP) is 3.39. The van der Waals surface area contributed by atoms with Crippen molar-refractivity contribution in [3.8, 4) is 0 Å². The van der Waals surface area contributed by atoms with Crippen LogP contribution in [-0.4, -0.2) is 29.0 Å². The highest BCUT2D eigenvalue weighted by atomic mass is 127. The van der Waals surface area contributed by atoms with Crippen LogP contribution in [0.15, 0.2) is 15.8 Å². The van der Waals surface area contributed by atoms with Crippen molar-refractivity contribution in [2.75, 3.05) is 13.1 Å². The summed E-state index contributed by atoms with van der Waals surface area (Å²) < 4.78 is 0. The van der Waals surface area contributed by atoms with Gasteiger partial charge >= 0.3 is 0 Å². The maximum atomic E-state index is 4.59. The van der Waals surface area contributed by atoms with Crippen LogP contribution in [0.25, 0.3) is 0 Å². The summed E-state index contributed by atoms with van der Waals surface area (Å²) in [6.45, 7) is 8.51. The number of hydrogen-bond acceptors (Lipinski definition) is 5. The van der Waals surface area contributed by atoms with Crippen LogP contribution >= 0.6 is 46.7 Å². The van der Waals surface area contributed by atoms with Crippen LogP contribution in [0, 0.1) is 6.92 Å². The van der Waals surface area contributed by atoms with Crippen LogP contribution in [0.1, 0.15) is 35.3 Å². The highest BCUT2D eigenvalue weighted by molar-refractivity contribution is 14.0. The molecule has 2 N–H and O–H groups in total. The molecule has 0 fully saturated rings. The second-order valence-corrected chi connectivity index (χ2v) is 6.82. The molecule has 5 nitrogen and oxygen atoms in total. The topological polar surface area (TPSA) is 62.2 Å². The molecule has 128 valence electrons. The first kappa shape index (κ1) is 20.3. The Bertz CT molecular complexity index is 609. The van der Waals surface area contributed by atoms with Crippen molar-refractivity contribution in [1.29, 1.82) is 0 Å². The van der Waals surface area contributed by atoms with Gasteiger partial charge in [0, 0.05) is 30.3 Å². The van der Waals surface area contributed by atoms with E-state index in [-0.39, 0.29) is 24.0 Å². The Labute approximate surface area is 163 Å². The van der Waals surface area contributed by atoms with E-state index in [9.17, 15) is 0 Å². The SMILES string of the molecule is CCNC(=NCc1csc(CC)n1)NCCc1csc(C)n1.I. The molecule has 2 aromatic rings. The van der Waals surface area contributed by atoms with Crippen LogP contribution in [0.5, 0.6) is 0 Å². The highest BCUT2D eigenvalue weighted by Crippen LogP contribution is 2.11. The maximum Gasteiger partial charge on any atom is 0.191 e. The average Bonchev–Trinajstić information content (AvgIpc) is 3.13. The standard InChI is InChI=1S/C15H23N5S2.HI/c1-4-14-20-13(10-22-14)8-18-15(16-5-2)17-7-6-12-9-21-11(3)19-12;/h9-10H,4-8H2,1-3H3,(H2,16,17,18);1H. The number of halogens is 1. The molecule has 0 aliphatic carbocycles. The monoisotopic (exact) mass is 465 g/mol. The Morgan fingerprint density at radius 2 is 1.91 bits per heavy atom. The fourth-order valence-corrected chi connectivity index (χ4v) is 3.30. The third-order valence-electron chi connectivity index (χ3n) is 2.99. The van der Waals surface area contributed by atoms with Crippen LogP contribution in [0.2, 0.25) is 0 Å². The summed E-state index contributed by atoms with van der Waals surface area (Å²) in [5.74, 6) is 0.834. The summed E-state index contributed by atoms with van der Waals surface area (Å²) in [7, 11) is 0. The molecule has 2 heterocycles. The van der Waals surface area contributed by atoms with Gasteiger partial charge < -0.3 is 10.6 Å². The molecule has 2 aromatic heterocycles. The average molecular weight is 465 g/mol. The normalized spacial score (nSPS) is 11.2. The first-order valence-electron chi connectivity index (χ1n) is 7.57. The van der Waals surface area contributed by atoms with E-state index in [1.165, 1.54) is 5.01 Å². The molecule has 0 bridgehead atoms. The molecule has 0 aliphatic rings. The van der Waals surface area contributed by atoms with Crippen LogP contribution < -0.4 is 10.6 Å². The summed E-state index contributed by atoms with van der Waals surface area (Å²) in [6.07, 6.45) is 1.89. The Hall–Kier alpha value is -0.740. The zero-order chi connectivity index (χ0) is 15.8. The van der Waals surface area contributed by atoms with Gasteiger partial charge in [-0.2, -0.15) is 0 Å². The number of nitrogens with one attached hydrogen (secondary N) is 2. The van der Waals surface area contributed by atoms with Crippen molar-refractivity contribution < 1.29 is 0 Å². The van der Waals surface area contributed by atoms with E-state index in [2.05, 4.69) is 50.2 Å². The van der Waals surface area contributed by atoms with Gasteiger partial charge in [0.15, 0.2) is 5.96 Å². The molecule has 0 atom stereocenters. The molecule has 0 radical (unpaired) electrons. The van der Waals surface area contributed by atoms with Crippen LogP contribution in [0.4, 0.5) is 0 Å². The van der Waals surface area contributed by atoms with Crippen molar-refractivity contribution in [3.05, 3.63) is 32.2 Å². The van der Waals surface area contributed by atoms with Crippen molar-refractivity contribution >= 4 is 52.6 Å². The molecule has 0 saturated carbocycles. The van der Waals surface area contributed by atoms with Crippen molar-refractivity contribution in [1.82, 2.24) is 20.6 Å². The third kappa shape index (κ3) is 7.13. The summed E-state index contributed by atoms with van der Waals surface area (Å²) >= 11 is 3.40. The molecular weight excluding hydrogens is 441 g/mol. The zero-order valence-corrected chi connectivity index (χ0v) is 17.7. The number of aliphatic imine (C=N–C) groups is 1. The van der Waals surface area contributed by atoms with E-state index >= 15 is 0 Å². The lowest BCUT2D eigenvalue weighted by Crippen LogP contribution is -2.38. The van der Waals surface area contributed by atoms with Crippen LogP contribution in [0.3, 0.4) is 0 Å². The van der Waals surface area contributed by atoms with Crippen molar-refractivity contribution in [3.63, 3.8) is 0 Å². The molecule has 2 rings (SSSR count). The van der Waals surface area contributed by atoms with E-state index in [0.29, 0.717) is 6.54 Å². The smallest absolute Gasteiger partial charge is 0.191 e. The van der Waals surface area contributed by atoms with E-state index in [4.69, 9.17) is 0 Å². The lowest BCUT2D eigenvalue weighted by Gasteiger charge is -2.10. The number of hydrogen-bond donors (Lipinski definition) is 2. The van der Waals surface area contributed by atoms with Gasteiger partial charge in [-0.05, 0) is 20.3 Å². The van der Waals surface area contributed by atoms with E-state index in [1.54, 1.807) is 22.7 Å². The van der Waals surface area contributed by atoms with Crippen molar-refractivity contribution in [2.45, 2.75) is 40.2 Å². The Morgan fingerprint density at radius 3 is 2.52 bits per heavy atom. The number of nitrogens with zero attached hydrogens (tertiary/aromatic N) is 3. The lowest BCUT2D eigenvalue weighted by molar-refractivity contribution is 0.788. The minimum Gasteiger partial charge on any atom is -0.357 e. The molecule has 0 unspecified atom stereocenters. The molecule has 8 heteroatoms. The van der Waals surface area contributed by atoms with Gasteiger partial charge in [0.05, 0.1) is 27.9 Å². The van der Waals surface area contributed by atoms with Gasteiger partial charge in [0.1, 0.15) is 0 Å². The predicted molar refractivity (Wildman–Crippen MR) is 110 cm³/mol. The molecule has 0 spiro atoms. The van der Waals surface area contributed by atoms with E-state index in [0.717, 1.165) is 48.3 Å². The second kappa shape index (κ2) is 10.9. The first-order chi connectivity index (χ1) is 10.7. The zero-order valence-electron chi connectivity index (χ0n) is 13.8. The maximum absolute atomic E-state index is 4.59. The van der Waals surface area contributed by atoms with Gasteiger partial charge in [-0.3, -0.25) is 0 Å².